The van der Waals surface area contributed by atoms with E-state index >= 15 is 0 Å². The summed E-state index contributed by atoms with van der Waals surface area (Å²) in [7, 11) is 4.53. The normalized spacial score (nSPS) is 11.0. The molecule has 3 aromatic rings. The zero-order chi connectivity index (χ0) is 18.3. The van der Waals surface area contributed by atoms with Gasteiger partial charge in [-0.2, -0.15) is 0 Å². The maximum Gasteiger partial charge on any atom is 0.332 e. The van der Waals surface area contributed by atoms with Crippen molar-refractivity contribution in [3.05, 3.63) is 56.2 Å². The maximum atomic E-state index is 12.6. The second-order valence-corrected chi connectivity index (χ2v) is 5.89. The smallest absolute Gasteiger partial charge is 0.332 e. The van der Waals surface area contributed by atoms with Crippen molar-refractivity contribution in [1.29, 1.82) is 0 Å². The van der Waals surface area contributed by atoms with Gasteiger partial charge >= 0.3 is 5.69 Å². The first-order valence-electron chi connectivity index (χ1n) is 7.53. The maximum absolute atomic E-state index is 12.6. The van der Waals surface area contributed by atoms with Crippen molar-refractivity contribution in [2.24, 2.45) is 14.1 Å². The van der Waals surface area contributed by atoms with Crippen LogP contribution in [0.3, 0.4) is 0 Å². The standard InChI is InChI=1S/C16H17N5O4/c1-9-5-11(18-25-9)8-19(2)14(22)10-6-12-13(17-7-10)20(3)16(24)21(4)15(12)23/h5-7H,8H2,1-4H3. The zero-order valence-corrected chi connectivity index (χ0v) is 14.3. The molecular formula is C16H17N5O4. The number of hydrogen-bond donors (Lipinski definition) is 0. The van der Waals surface area contributed by atoms with E-state index in [4.69, 9.17) is 4.52 Å². The molecule has 3 rings (SSSR count). The van der Waals surface area contributed by atoms with Crippen LogP contribution in [0.25, 0.3) is 11.0 Å². The molecule has 0 spiro atoms. The highest BCUT2D eigenvalue weighted by atomic mass is 16.5. The molecule has 9 heteroatoms. The average Bonchev–Trinajstić information content (AvgIpc) is 3.01. The fourth-order valence-corrected chi connectivity index (χ4v) is 2.61. The molecule has 3 heterocycles. The average molecular weight is 343 g/mol. The van der Waals surface area contributed by atoms with Gasteiger partial charge in [0.25, 0.3) is 11.5 Å². The van der Waals surface area contributed by atoms with Crippen LogP contribution in [0, 0.1) is 6.92 Å². The fraction of sp³-hybridized carbons (Fsp3) is 0.312. The van der Waals surface area contributed by atoms with Crippen LogP contribution in [0.5, 0.6) is 0 Å². The van der Waals surface area contributed by atoms with Gasteiger partial charge in [-0.1, -0.05) is 5.16 Å². The van der Waals surface area contributed by atoms with Gasteiger partial charge in [-0.05, 0) is 13.0 Å². The Hall–Kier alpha value is -3.23. The third kappa shape index (κ3) is 2.84. The molecular weight excluding hydrogens is 326 g/mol. The molecule has 0 aliphatic carbocycles. The number of fused-ring (bicyclic) bond motifs is 1. The summed E-state index contributed by atoms with van der Waals surface area (Å²) < 4.78 is 7.24. The molecule has 0 fully saturated rings. The van der Waals surface area contributed by atoms with Crippen molar-refractivity contribution in [2.75, 3.05) is 7.05 Å². The summed E-state index contributed by atoms with van der Waals surface area (Å²) >= 11 is 0. The highest BCUT2D eigenvalue weighted by Crippen LogP contribution is 2.11. The van der Waals surface area contributed by atoms with Crippen LogP contribution in [0.4, 0.5) is 0 Å². The molecule has 0 radical (unpaired) electrons. The number of nitrogens with zero attached hydrogens (tertiary/aromatic N) is 5. The third-order valence-corrected chi connectivity index (χ3v) is 3.96. The summed E-state index contributed by atoms with van der Waals surface area (Å²) in [5.41, 5.74) is 0.156. The van der Waals surface area contributed by atoms with E-state index in [2.05, 4.69) is 10.1 Å². The van der Waals surface area contributed by atoms with E-state index in [9.17, 15) is 14.4 Å². The Morgan fingerprint density at radius 2 is 1.96 bits per heavy atom. The van der Waals surface area contributed by atoms with Crippen LogP contribution in [0.1, 0.15) is 21.8 Å². The first-order chi connectivity index (χ1) is 11.8. The molecule has 0 atom stereocenters. The summed E-state index contributed by atoms with van der Waals surface area (Å²) in [5.74, 6) is 0.346. The lowest BCUT2D eigenvalue weighted by Crippen LogP contribution is -2.37. The Labute approximate surface area is 142 Å². The second kappa shape index (κ2) is 6.00. The van der Waals surface area contributed by atoms with Crippen LogP contribution >= 0.6 is 0 Å². The molecule has 3 aromatic heterocycles. The van der Waals surface area contributed by atoms with Gasteiger partial charge in [0.2, 0.25) is 0 Å². The van der Waals surface area contributed by atoms with E-state index < -0.39 is 11.2 Å². The molecule has 1 amide bonds. The lowest BCUT2D eigenvalue weighted by molar-refractivity contribution is 0.0782. The molecule has 130 valence electrons. The first kappa shape index (κ1) is 16.6. The van der Waals surface area contributed by atoms with Crippen LogP contribution in [-0.2, 0) is 20.6 Å². The lowest BCUT2D eigenvalue weighted by atomic mass is 10.2. The molecule has 0 unspecified atom stereocenters. The molecule has 0 aromatic carbocycles. The Morgan fingerprint density at radius 1 is 1.24 bits per heavy atom. The van der Waals surface area contributed by atoms with E-state index in [1.54, 1.807) is 20.0 Å². The molecule has 0 saturated carbocycles. The fourth-order valence-electron chi connectivity index (χ4n) is 2.61. The predicted octanol–water partition coefficient (Wildman–Crippen LogP) is 0.201. The highest BCUT2D eigenvalue weighted by molar-refractivity contribution is 5.96. The van der Waals surface area contributed by atoms with Crippen LogP contribution in [0.2, 0.25) is 0 Å². The second-order valence-electron chi connectivity index (χ2n) is 5.89. The van der Waals surface area contributed by atoms with Gasteiger partial charge in [-0.15, -0.1) is 0 Å². The molecule has 0 N–H and O–H groups in total. The van der Waals surface area contributed by atoms with E-state index in [0.29, 0.717) is 11.5 Å². The van der Waals surface area contributed by atoms with E-state index in [0.717, 1.165) is 4.57 Å². The minimum atomic E-state index is -0.491. The van der Waals surface area contributed by atoms with Crippen molar-refractivity contribution in [1.82, 2.24) is 24.2 Å². The van der Waals surface area contributed by atoms with Crippen molar-refractivity contribution >= 4 is 16.9 Å². The largest absolute Gasteiger partial charge is 0.361 e. The molecule has 0 saturated heterocycles. The summed E-state index contributed by atoms with van der Waals surface area (Å²) in [4.78, 5) is 42.4. The zero-order valence-electron chi connectivity index (χ0n) is 14.3. The van der Waals surface area contributed by atoms with Gasteiger partial charge in [0.1, 0.15) is 17.1 Å². The van der Waals surface area contributed by atoms with Gasteiger partial charge in [-0.25, -0.2) is 9.78 Å². The van der Waals surface area contributed by atoms with Crippen molar-refractivity contribution in [3.8, 4) is 0 Å². The van der Waals surface area contributed by atoms with E-state index in [1.807, 2.05) is 0 Å². The van der Waals surface area contributed by atoms with Crippen LogP contribution in [0.15, 0.2) is 32.4 Å². The van der Waals surface area contributed by atoms with Crippen molar-refractivity contribution in [3.63, 3.8) is 0 Å². The summed E-state index contributed by atoms with van der Waals surface area (Å²) in [6.07, 6.45) is 1.36. The monoisotopic (exact) mass is 343 g/mol. The Bertz CT molecular complexity index is 1090. The number of hydrogen-bond acceptors (Lipinski definition) is 6. The minimum Gasteiger partial charge on any atom is -0.361 e. The van der Waals surface area contributed by atoms with Gasteiger partial charge in [0, 0.05) is 33.4 Å². The Kier molecular flexibility index (Phi) is 3.99. The van der Waals surface area contributed by atoms with Crippen molar-refractivity contribution < 1.29 is 9.32 Å². The van der Waals surface area contributed by atoms with Crippen LogP contribution in [-0.4, -0.2) is 37.1 Å². The number of rotatable bonds is 3. The molecule has 0 aliphatic rings. The molecule has 0 aliphatic heterocycles. The summed E-state index contributed by atoms with van der Waals surface area (Å²) in [5, 5.41) is 4.06. The number of carbonyl (C=O) groups is 1. The summed E-state index contributed by atoms with van der Waals surface area (Å²) in [6, 6.07) is 3.20. The molecule has 25 heavy (non-hydrogen) atoms. The number of amides is 1. The van der Waals surface area contributed by atoms with E-state index in [-0.39, 0.29) is 29.0 Å². The topological polar surface area (TPSA) is 103 Å². The molecule has 0 bridgehead atoms. The van der Waals surface area contributed by atoms with Gasteiger partial charge < -0.3 is 9.42 Å². The Balaban J connectivity index is 2.00. The molecule has 9 nitrogen and oxygen atoms in total. The van der Waals surface area contributed by atoms with Gasteiger partial charge in [0.05, 0.1) is 17.5 Å². The van der Waals surface area contributed by atoms with Crippen LogP contribution < -0.4 is 11.2 Å². The van der Waals surface area contributed by atoms with Crippen molar-refractivity contribution in [2.45, 2.75) is 13.5 Å². The number of pyridine rings is 1. The predicted molar refractivity (Wildman–Crippen MR) is 89.3 cm³/mol. The Morgan fingerprint density at radius 3 is 2.60 bits per heavy atom. The highest BCUT2D eigenvalue weighted by Gasteiger charge is 2.17. The third-order valence-electron chi connectivity index (χ3n) is 3.96. The minimum absolute atomic E-state index is 0.209. The number of aromatic nitrogens is 4. The van der Waals surface area contributed by atoms with Gasteiger partial charge in [0.15, 0.2) is 0 Å². The number of aryl methyl sites for hydroxylation is 2. The first-order valence-corrected chi connectivity index (χ1v) is 7.53. The quantitative estimate of drug-likeness (QED) is 0.673. The lowest BCUT2D eigenvalue weighted by Gasteiger charge is -2.16. The SMILES string of the molecule is Cc1cc(CN(C)C(=O)c2cnc3c(c2)c(=O)n(C)c(=O)n3C)no1. The number of carbonyl (C=O) groups excluding carboxylic acids is 1. The van der Waals surface area contributed by atoms with Gasteiger partial charge in [-0.3, -0.25) is 18.7 Å². The summed E-state index contributed by atoms with van der Waals surface area (Å²) in [6.45, 7) is 2.03. The van der Waals surface area contributed by atoms with E-state index in [1.165, 1.54) is 35.8 Å².